The Morgan fingerprint density at radius 1 is 1.24 bits per heavy atom. The van der Waals surface area contributed by atoms with E-state index in [4.69, 9.17) is 0 Å². The second-order valence-electron chi connectivity index (χ2n) is 8.73. The van der Waals surface area contributed by atoms with Crippen molar-refractivity contribution in [2.24, 2.45) is 5.92 Å². The Balaban J connectivity index is 1.40. The van der Waals surface area contributed by atoms with E-state index in [0.717, 1.165) is 57.5 Å². The predicted molar refractivity (Wildman–Crippen MR) is 116 cm³/mol. The average Bonchev–Trinajstić information content (AvgIpc) is 3.30. The van der Waals surface area contributed by atoms with Gasteiger partial charge in [0.15, 0.2) is 0 Å². The van der Waals surface area contributed by atoms with Crippen LogP contribution in [0.25, 0.3) is 0 Å². The van der Waals surface area contributed by atoms with E-state index >= 15 is 0 Å². The van der Waals surface area contributed by atoms with Crippen LogP contribution in [0.15, 0.2) is 23.3 Å². The number of aliphatic hydroxyl groups excluding tert-OH is 1. The topological polar surface area (TPSA) is 74.5 Å². The van der Waals surface area contributed by atoms with Gasteiger partial charge in [0, 0.05) is 49.7 Å². The monoisotopic (exact) mass is 417 g/mol. The Kier molecular flexibility index (Phi) is 6.32. The molecule has 7 nitrogen and oxygen atoms in total. The molecule has 0 bridgehead atoms. The van der Waals surface area contributed by atoms with Crippen LogP contribution in [0.4, 0.5) is 5.69 Å². The Labute approximate surface area is 176 Å². The highest BCUT2D eigenvalue weighted by atomic mass is 32.1. The van der Waals surface area contributed by atoms with Crippen molar-refractivity contribution >= 4 is 17.0 Å². The van der Waals surface area contributed by atoms with Crippen LogP contribution in [0.2, 0.25) is 0 Å². The van der Waals surface area contributed by atoms with Gasteiger partial charge in [0.25, 0.3) is 5.56 Å². The van der Waals surface area contributed by atoms with Crippen molar-refractivity contribution in [3.05, 3.63) is 38.7 Å². The van der Waals surface area contributed by atoms with Crippen LogP contribution < -0.4 is 10.5 Å². The number of β-amino-alcohol motifs (C(OH)–C–C–N with tert-alkyl or cyclic N) is 1. The molecule has 2 saturated heterocycles. The van der Waals surface area contributed by atoms with Gasteiger partial charge in [-0.3, -0.25) is 9.69 Å². The molecule has 0 aromatic carbocycles. The number of rotatable bonds is 6. The summed E-state index contributed by atoms with van der Waals surface area (Å²) >= 11 is 1.81. The summed E-state index contributed by atoms with van der Waals surface area (Å²) in [5, 5.41) is 15.4. The highest BCUT2D eigenvalue weighted by Gasteiger charge is 2.25. The lowest BCUT2D eigenvalue weighted by Crippen LogP contribution is -2.40. The molecule has 4 heterocycles. The van der Waals surface area contributed by atoms with Crippen LogP contribution in [-0.4, -0.2) is 57.1 Å². The molecule has 0 spiro atoms. The van der Waals surface area contributed by atoms with E-state index in [1.54, 1.807) is 16.9 Å². The average molecular weight is 418 g/mol. The van der Waals surface area contributed by atoms with Gasteiger partial charge in [-0.25, -0.2) is 9.67 Å². The van der Waals surface area contributed by atoms with Crippen LogP contribution in [-0.2, 0) is 13.0 Å². The Bertz CT molecular complexity index is 880. The van der Waals surface area contributed by atoms with Gasteiger partial charge in [0.1, 0.15) is 0 Å². The van der Waals surface area contributed by atoms with Crippen LogP contribution >= 0.6 is 11.3 Å². The second-order valence-corrected chi connectivity index (χ2v) is 9.93. The number of hydrogen-bond acceptors (Lipinski definition) is 7. The summed E-state index contributed by atoms with van der Waals surface area (Å²) in [6.07, 6.45) is 7.31. The minimum absolute atomic E-state index is 0.0484. The first-order valence-electron chi connectivity index (χ1n) is 10.7. The second kappa shape index (κ2) is 8.93. The van der Waals surface area contributed by atoms with E-state index < -0.39 is 0 Å². The zero-order chi connectivity index (χ0) is 20.4. The first kappa shape index (κ1) is 20.5. The number of piperidine rings is 1. The molecule has 8 heteroatoms. The lowest BCUT2D eigenvalue weighted by Gasteiger charge is -2.32. The van der Waals surface area contributed by atoms with Gasteiger partial charge in [-0.2, -0.15) is 5.10 Å². The minimum atomic E-state index is -0.308. The smallest absolute Gasteiger partial charge is 0.269 e. The van der Waals surface area contributed by atoms with Crippen LogP contribution in [0.5, 0.6) is 0 Å². The highest BCUT2D eigenvalue weighted by molar-refractivity contribution is 7.11. The number of likely N-dealkylation sites (tertiary alicyclic amines) is 1. The van der Waals surface area contributed by atoms with Crippen molar-refractivity contribution in [1.29, 1.82) is 0 Å². The SMILES string of the molecule is CC(C)Cc1ncc(CN2CCC[C@H](n3ncc(N4CC[C@H](O)C4)cc3=O)C2)s1. The van der Waals surface area contributed by atoms with Crippen molar-refractivity contribution in [2.45, 2.75) is 58.2 Å². The van der Waals surface area contributed by atoms with Crippen LogP contribution in [0.3, 0.4) is 0 Å². The summed E-state index contributed by atoms with van der Waals surface area (Å²) in [7, 11) is 0. The molecule has 0 amide bonds. The number of aliphatic hydroxyl groups is 1. The van der Waals surface area contributed by atoms with Gasteiger partial charge in [-0.1, -0.05) is 13.8 Å². The molecule has 2 aromatic heterocycles. The van der Waals surface area contributed by atoms with Crippen molar-refractivity contribution in [1.82, 2.24) is 19.7 Å². The first-order chi connectivity index (χ1) is 14.0. The summed E-state index contributed by atoms with van der Waals surface area (Å²) in [5.41, 5.74) is 0.769. The van der Waals surface area contributed by atoms with Gasteiger partial charge in [0.05, 0.1) is 29.0 Å². The molecule has 0 saturated carbocycles. The summed E-state index contributed by atoms with van der Waals surface area (Å²) in [6, 6.07) is 1.78. The maximum atomic E-state index is 12.7. The normalized spacial score (nSPS) is 23.2. The molecule has 29 heavy (non-hydrogen) atoms. The zero-order valence-electron chi connectivity index (χ0n) is 17.3. The summed E-state index contributed by atoms with van der Waals surface area (Å²) in [4.78, 5) is 23.1. The van der Waals surface area contributed by atoms with Crippen molar-refractivity contribution < 1.29 is 5.11 Å². The molecule has 2 atom stereocenters. The molecule has 1 N–H and O–H groups in total. The fraction of sp³-hybridized carbons (Fsp3) is 0.667. The fourth-order valence-corrected chi connectivity index (χ4v) is 5.47. The van der Waals surface area contributed by atoms with Gasteiger partial charge >= 0.3 is 0 Å². The molecule has 0 aliphatic carbocycles. The largest absolute Gasteiger partial charge is 0.391 e. The third-order valence-electron chi connectivity index (χ3n) is 5.73. The molecule has 2 aliphatic heterocycles. The van der Waals surface area contributed by atoms with Crippen LogP contribution in [0.1, 0.15) is 49.0 Å². The predicted octanol–water partition coefficient (Wildman–Crippen LogP) is 2.31. The van der Waals surface area contributed by atoms with E-state index in [1.165, 1.54) is 9.88 Å². The quantitative estimate of drug-likeness (QED) is 0.777. The van der Waals surface area contributed by atoms with E-state index in [-0.39, 0.29) is 17.7 Å². The molecule has 0 radical (unpaired) electrons. The molecular weight excluding hydrogens is 386 g/mol. The van der Waals surface area contributed by atoms with Gasteiger partial charge < -0.3 is 10.0 Å². The highest BCUT2D eigenvalue weighted by Crippen LogP contribution is 2.25. The molecule has 158 valence electrons. The molecule has 2 aliphatic rings. The standard InChI is InChI=1S/C21H31N5O2S/c1-15(2)8-20-22-11-19(29-20)14-24-6-3-4-16(12-24)26-21(28)9-17(10-23-26)25-7-5-18(27)13-25/h9-11,15-16,18,27H,3-8,12-14H2,1-2H3/t16-,18-/m0/s1. The van der Waals surface area contributed by atoms with Crippen molar-refractivity contribution in [2.75, 3.05) is 31.1 Å². The minimum Gasteiger partial charge on any atom is -0.391 e. The number of anilines is 1. The summed E-state index contributed by atoms with van der Waals surface area (Å²) < 4.78 is 1.65. The molecular formula is C21H31N5O2S. The van der Waals surface area contributed by atoms with Crippen LogP contribution in [0, 0.1) is 5.92 Å². The van der Waals surface area contributed by atoms with E-state index in [2.05, 4.69) is 28.8 Å². The van der Waals surface area contributed by atoms with Gasteiger partial charge in [0.2, 0.25) is 0 Å². The lowest BCUT2D eigenvalue weighted by atomic mass is 10.1. The molecule has 2 aromatic rings. The third-order valence-corrected chi connectivity index (χ3v) is 6.73. The number of aromatic nitrogens is 3. The van der Waals surface area contributed by atoms with E-state index in [9.17, 15) is 9.90 Å². The molecule has 0 unspecified atom stereocenters. The number of nitrogens with zero attached hydrogens (tertiary/aromatic N) is 5. The van der Waals surface area contributed by atoms with Crippen molar-refractivity contribution in [3.8, 4) is 0 Å². The Hall–Kier alpha value is -1.77. The first-order valence-corrected chi connectivity index (χ1v) is 11.5. The van der Waals surface area contributed by atoms with E-state index in [1.807, 2.05) is 22.4 Å². The van der Waals surface area contributed by atoms with Crippen molar-refractivity contribution in [3.63, 3.8) is 0 Å². The Morgan fingerprint density at radius 2 is 2.10 bits per heavy atom. The van der Waals surface area contributed by atoms with E-state index in [0.29, 0.717) is 12.5 Å². The lowest BCUT2D eigenvalue weighted by molar-refractivity contribution is 0.161. The molecule has 2 fully saturated rings. The third kappa shape index (κ3) is 5.05. The van der Waals surface area contributed by atoms with Gasteiger partial charge in [-0.15, -0.1) is 11.3 Å². The summed E-state index contributed by atoms with van der Waals surface area (Å²) in [5.74, 6) is 0.623. The summed E-state index contributed by atoms with van der Waals surface area (Å²) in [6.45, 7) is 8.58. The number of hydrogen-bond donors (Lipinski definition) is 1. The maximum absolute atomic E-state index is 12.7. The maximum Gasteiger partial charge on any atom is 0.269 e. The molecule has 4 rings (SSSR count). The fourth-order valence-electron chi connectivity index (χ4n) is 4.29. The zero-order valence-corrected chi connectivity index (χ0v) is 18.1. The number of thiazole rings is 1. The Morgan fingerprint density at radius 3 is 2.83 bits per heavy atom. The van der Waals surface area contributed by atoms with Gasteiger partial charge in [-0.05, 0) is 31.7 Å².